The average Bonchev–Trinajstić information content (AvgIpc) is 3.17. The van der Waals surface area contributed by atoms with Crippen LogP contribution in [0.1, 0.15) is 5.56 Å². The van der Waals surface area contributed by atoms with Crippen molar-refractivity contribution in [3.05, 3.63) is 76.7 Å². The Hall–Kier alpha value is -3.43. The molecular weight excluding hydrogens is 332 g/mol. The fraction of sp³-hybridized carbons (Fsp3) is 0. The van der Waals surface area contributed by atoms with E-state index >= 15 is 0 Å². The Bertz CT molecular complexity index is 1370. The summed E-state index contributed by atoms with van der Waals surface area (Å²) in [7, 11) is 0. The molecule has 0 radical (unpaired) electrons. The van der Waals surface area contributed by atoms with Gasteiger partial charge in [-0.1, -0.05) is 30.3 Å². The monoisotopic (exact) mass is 342 g/mol. The molecule has 2 aromatic carbocycles. The van der Waals surface area contributed by atoms with Crippen molar-refractivity contribution >= 4 is 37.3 Å². The summed E-state index contributed by atoms with van der Waals surface area (Å²) in [5.41, 5.74) is 2.38. The second kappa shape index (κ2) is 5.03. The highest BCUT2D eigenvalue weighted by atomic mass is 32.1. The van der Waals surface area contributed by atoms with Gasteiger partial charge in [-0.3, -0.25) is 9.20 Å². The lowest BCUT2D eigenvalue weighted by Crippen LogP contribution is -2.21. The maximum atomic E-state index is 13.2. The van der Waals surface area contributed by atoms with E-state index in [1.54, 1.807) is 6.20 Å². The maximum Gasteiger partial charge on any atom is 0.296 e. The van der Waals surface area contributed by atoms with E-state index in [1.807, 2.05) is 59.0 Å². The highest BCUT2D eigenvalue weighted by molar-refractivity contribution is 7.24. The predicted molar refractivity (Wildman–Crippen MR) is 98.4 cm³/mol. The molecule has 0 atom stereocenters. The number of fused-ring (bicyclic) bond motifs is 5. The minimum absolute atomic E-state index is 0.233. The number of nitriles is 1. The van der Waals surface area contributed by atoms with E-state index in [-0.39, 0.29) is 5.56 Å². The van der Waals surface area contributed by atoms with E-state index in [2.05, 4.69) is 11.2 Å². The highest BCUT2D eigenvalue weighted by Crippen LogP contribution is 2.34. The van der Waals surface area contributed by atoms with E-state index in [0.29, 0.717) is 22.2 Å². The molecule has 0 bridgehead atoms. The first-order chi connectivity index (χ1) is 12.3. The summed E-state index contributed by atoms with van der Waals surface area (Å²) in [6.07, 6.45) is 1.61. The molecule has 0 aliphatic heterocycles. The van der Waals surface area contributed by atoms with Crippen LogP contribution in [-0.4, -0.2) is 14.2 Å². The fourth-order valence-electron chi connectivity index (χ4n) is 3.19. The minimum Gasteiger partial charge on any atom is -0.294 e. The third-order valence-electron chi connectivity index (χ3n) is 4.29. The van der Waals surface area contributed by atoms with Crippen LogP contribution >= 0.6 is 11.3 Å². The van der Waals surface area contributed by atoms with Crippen molar-refractivity contribution < 1.29 is 0 Å². The summed E-state index contributed by atoms with van der Waals surface area (Å²) in [4.78, 5) is 14.0. The molecule has 0 aliphatic carbocycles. The number of rotatable bonds is 1. The lowest BCUT2D eigenvalue weighted by molar-refractivity contribution is 0.818. The molecule has 6 heteroatoms. The summed E-state index contributed by atoms with van der Waals surface area (Å²) < 4.78 is 4.30. The van der Waals surface area contributed by atoms with Crippen LogP contribution < -0.4 is 5.56 Å². The zero-order valence-corrected chi connectivity index (χ0v) is 13.7. The van der Waals surface area contributed by atoms with Gasteiger partial charge in [0.15, 0.2) is 0 Å². The van der Waals surface area contributed by atoms with Crippen molar-refractivity contribution in [1.82, 2.24) is 14.2 Å². The fourth-order valence-corrected chi connectivity index (χ4v) is 4.35. The first kappa shape index (κ1) is 14.0. The van der Waals surface area contributed by atoms with Gasteiger partial charge in [0.1, 0.15) is 16.4 Å². The molecule has 0 N–H and O–H groups in total. The third-order valence-corrected chi connectivity index (χ3v) is 5.43. The molecule has 0 amide bonds. The Kier molecular flexibility index (Phi) is 2.81. The molecule has 3 heterocycles. The Labute approximate surface area is 145 Å². The zero-order valence-electron chi connectivity index (χ0n) is 12.9. The SMILES string of the molecule is N#Cc1c2cnn(-c3ccccc3)c(=O)c2n2c1sc1ccccc12. The molecule has 0 saturated carbocycles. The molecular formula is C19H10N4OS. The number of aromatic nitrogens is 3. The zero-order chi connectivity index (χ0) is 17.0. The van der Waals surface area contributed by atoms with Gasteiger partial charge in [-0.25, -0.2) is 0 Å². The van der Waals surface area contributed by atoms with Gasteiger partial charge in [0.25, 0.3) is 5.56 Å². The molecule has 25 heavy (non-hydrogen) atoms. The van der Waals surface area contributed by atoms with E-state index in [9.17, 15) is 10.1 Å². The summed E-state index contributed by atoms with van der Waals surface area (Å²) in [6.45, 7) is 0. The van der Waals surface area contributed by atoms with Crippen molar-refractivity contribution in [3.63, 3.8) is 0 Å². The quantitative estimate of drug-likeness (QED) is 0.466. The van der Waals surface area contributed by atoms with Gasteiger partial charge in [-0.2, -0.15) is 15.0 Å². The Balaban J connectivity index is 2.03. The van der Waals surface area contributed by atoms with E-state index in [4.69, 9.17) is 0 Å². The van der Waals surface area contributed by atoms with Crippen LogP contribution in [0.15, 0.2) is 65.6 Å². The summed E-state index contributed by atoms with van der Waals surface area (Å²) in [6, 6.07) is 19.4. The van der Waals surface area contributed by atoms with Crippen molar-refractivity contribution in [2.75, 3.05) is 0 Å². The van der Waals surface area contributed by atoms with Gasteiger partial charge in [0.05, 0.1) is 27.7 Å². The van der Waals surface area contributed by atoms with Gasteiger partial charge >= 0.3 is 0 Å². The van der Waals surface area contributed by atoms with Crippen molar-refractivity contribution in [2.24, 2.45) is 0 Å². The molecule has 118 valence electrons. The Morgan fingerprint density at radius 3 is 2.60 bits per heavy atom. The predicted octanol–water partition coefficient (Wildman–Crippen LogP) is 3.72. The van der Waals surface area contributed by atoms with E-state index in [0.717, 1.165) is 15.0 Å². The molecule has 3 aromatic heterocycles. The smallest absolute Gasteiger partial charge is 0.294 e. The van der Waals surface area contributed by atoms with Crippen LogP contribution in [0.3, 0.4) is 0 Å². The molecule has 5 rings (SSSR count). The molecule has 5 aromatic rings. The van der Waals surface area contributed by atoms with E-state index in [1.165, 1.54) is 16.0 Å². The van der Waals surface area contributed by atoms with Crippen LogP contribution in [0.4, 0.5) is 0 Å². The average molecular weight is 342 g/mol. The minimum atomic E-state index is -0.233. The first-order valence-corrected chi connectivity index (χ1v) is 8.51. The van der Waals surface area contributed by atoms with Crippen molar-refractivity contribution in [2.45, 2.75) is 0 Å². The van der Waals surface area contributed by atoms with Gasteiger partial charge in [0, 0.05) is 5.39 Å². The number of benzene rings is 2. The van der Waals surface area contributed by atoms with Gasteiger partial charge < -0.3 is 0 Å². The van der Waals surface area contributed by atoms with Crippen LogP contribution in [-0.2, 0) is 0 Å². The van der Waals surface area contributed by atoms with E-state index < -0.39 is 0 Å². The lowest BCUT2D eigenvalue weighted by Gasteiger charge is -2.04. The number of hydrogen-bond donors (Lipinski definition) is 0. The highest BCUT2D eigenvalue weighted by Gasteiger charge is 2.20. The lowest BCUT2D eigenvalue weighted by atomic mass is 10.2. The molecule has 0 spiro atoms. The molecule has 0 unspecified atom stereocenters. The summed E-state index contributed by atoms with van der Waals surface area (Å²) in [5.74, 6) is 0. The first-order valence-electron chi connectivity index (χ1n) is 7.69. The normalized spacial score (nSPS) is 11.3. The standard InChI is InChI=1S/C19H10N4OS/c20-10-13-14-11-21-23(12-6-2-1-3-7-12)18(24)17(14)22-15-8-4-5-9-16(15)25-19(13)22/h1-9,11H. The van der Waals surface area contributed by atoms with Crippen molar-refractivity contribution in [1.29, 1.82) is 5.26 Å². The van der Waals surface area contributed by atoms with Gasteiger partial charge in [-0.15, -0.1) is 11.3 Å². The topological polar surface area (TPSA) is 63.1 Å². The van der Waals surface area contributed by atoms with Gasteiger partial charge in [-0.05, 0) is 24.3 Å². The van der Waals surface area contributed by atoms with Crippen LogP contribution in [0.5, 0.6) is 0 Å². The van der Waals surface area contributed by atoms with Crippen LogP contribution in [0.25, 0.3) is 31.6 Å². The number of thiazole rings is 1. The molecule has 0 saturated heterocycles. The second-order valence-corrected chi connectivity index (χ2v) is 6.69. The Morgan fingerprint density at radius 1 is 1.04 bits per heavy atom. The number of para-hydroxylation sites is 2. The van der Waals surface area contributed by atoms with Crippen LogP contribution in [0, 0.1) is 11.3 Å². The second-order valence-electron chi connectivity index (χ2n) is 5.66. The van der Waals surface area contributed by atoms with Gasteiger partial charge in [0.2, 0.25) is 0 Å². The molecule has 0 fully saturated rings. The van der Waals surface area contributed by atoms with Crippen LogP contribution in [0.2, 0.25) is 0 Å². The molecule has 5 nitrogen and oxygen atoms in total. The summed E-state index contributed by atoms with van der Waals surface area (Å²) >= 11 is 1.51. The Morgan fingerprint density at radius 2 is 1.80 bits per heavy atom. The third kappa shape index (κ3) is 1.81. The number of hydrogen-bond acceptors (Lipinski definition) is 4. The molecule has 0 aliphatic rings. The maximum absolute atomic E-state index is 13.2. The van der Waals surface area contributed by atoms with Crippen molar-refractivity contribution in [3.8, 4) is 11.8 Å². The summed E-state index contributed by atoms with van der Waals surface area (Å²) in [5, 5.41) is 14.5. The number of nitrogens with zero attached hydrogens (tertiary/aromatic N) is 4. The largest absolute Gasteiger partial charge is 0.296 e.